The second-order valence-electron chi connectivity index (χ2n) is 6.83. The van der Waals surface area contributed by atoms with E-state index in [4.69, 9.17) is 4.74 Å². The zero-order valence-electron chi connectivity index (χ0n) is 16.4. The molecule has 0 spiro atoms. The van der Waals surface area contributed by atoms with Crippen LogP contribution in [0.5, 0.6) is 5.75 Å². The molecular formula is C21H25N3O2S. The number of nitrogens with zero attached hydrogens (tertiary/aromatic N) is 2. The van der Waals surface area contributed by atoms with Gasteiger partial charge in [-0.3, -0.25) is 9.48 Å². The lowest BCUT2D eigenvalue weighted by Crippen LogP contribution is -2.22. The van der Waals surface area contributed by atoms with Crippen LogP contribution in [-0.4, -0.2) is 15.7 Å². The molecule has 1 amide bonds. The summed E-state index contributed by atoms with van der Waals surface area (Å²) in [5, 5.41) is 9.35. The van der Waals surface area contributed by atoms with Gasteiger partial charge in [0, 0.05) is 30.4 Å². The van der Waals surface area contributed by atoms with Crippen LogP contribution in [0.2, 0.25) is 0 Å². The van der Waals surface area contributed by atoms with Gasteiger partial charge in [0.1, 0.15) is 12.4 Å². The van der Waals surface area contributed by atoms with E-state index < -0.39 is 0 Å². The van der Waals surface area contributed by atoms with Gasteiger partial charge in [-0.15, -0.1) is 11.3 Å². The molecule has 0 saturated carbocycles. The van der Waals surface area contributed by atoms with Crippen molar-refractivity contribution in [2.45, 2.75) is 40.8 Å². The summed E-state index contributed by atoms with van der Waals surface area (Å²) in [6, 6.07) is 8.06. The summed E-state index contributed by atoms with van der Waals surface area (Å²) in [4.78, 5) is 13.2. The number of hydrogen-bond donors (Lipinski definition) is 1. The van der Waals surface area contributed by atoms with E-state index >= 15 is 0 Å². The van der Waals surface area contributed by atoms with Crippen molar-refractivity contribution in [3.05, 3.63) is 68.2 Å². The summed E-state index contributed by atoms with van der Waals surface area (Å²) >= 11 is 1.44. The minimum Gasteiger partial charge on any atom is -0.489 e. The normalized spacial score (nSPS) is 10.9. The molecule has 0 radical (unpaired) electrons. The van der Waals surface area contributed by atoms with Crippen molar-refractivity contribution >= 4 is 17.2 Å². The standard InChI is InChI=1S/C21H25N3O2S/c1-13-6-7-14(2)19(8-13)26-11-17-9-20(27-12-17)21(25)22-10-18-15(3)23-24(5)16(18)4/h6-9,12H,10-11H2,1-5H3,(H,22,25). The number of aryl methyl sites for hydroxylation is 4. The Hall–Kier alpha value is -2.60. The quantitative estimate of drug-likeness (QED) is 0.693. The number of amides is 1. The van der Waals surface area contributed by atoms with Crippen LogP contribution in [0.25, 0.3) is 0 Å². The first-order valence-electron chi connectivity index (χ1n) is 8.90. The summed E-state index contributed by atoms with van der Waals surface area (Å²) in [6.45, 7) is 8.98. The van der Waals surface area contributed by atoms with E-state index in [-0.39, 0.29) is 5.91 Å². The molecule has 2 heterocycles. The Balaban J connectivity index is 1.59. The molecule has 0 unspecified atom stereocenters. The third-order valence-electron chi connectivity index (χ3n) is 4.70. The van der Waals surface area contributed by atoms with E-state index in [0.717, 1.165) is 33.8 Å². The van der Waals surface area contributed by atoms with E-state index in [2.05, 4.69) is 22.5 Å². The number of carbonyl (C=O) groups excluding carboxylic acids is 1. The molecule has 0 aliphatic heterocycles. The van der Waals surface area contributed by atoms with Crippen molar-refractivity contribution in [1.82, 2.24) is 15.1 Å². The second kappa shape index (κ2) is 7.96. The van der Waals surface area contributed by atoms with Gasteiger partial charge in [-0.25, -0.2) is 0 Å². The van der Waals surface area contributed by atoms with Crippen LogP contribution in [0, 0.1) is 27.7 Å². The number of rotatable bonds is 6. The van der Waals surface area contributed by atoms with Crippen LogP contribution in [0.3, 0.4) is 0 Å². The summed E-state index contributed by atoms with van der Waals surface area (Å²) < 4.78 is 7.76. The first-order chi connectivity index (χ1) is 12.8. The smallest absolute Gasteiger partial charge is 0.261 e. The fraction of sp³-hybridized carbons (Fsp3) is 0.333. The van der Waals surface area contributed by atoms with Crippen molar-refractivity contribution in [2.75, 3.05) is 0 Å². The largest absolute Gasteiger partial charge is 0.489 e. The molecule has 1 aromatic carbocycles. The topological polar surface area (TPSA) is 56.1 Å². The van der Waals surface area contributed by atoms with Crippen LogP contribution in [0.4, 0.5) is 0 Å². The fourth-order valence-corrected chi connectivity index (χ4v) is 3.74. The van der Waals surface area contributed by atoms with E-state index in [1.54, 1.807) is 0 Å². The number of hydrogen-bond acceptors (Lipinski definition) is 4. The molecule has 0 aliphatic carbocycles. The molecule has 5 nitrogen and oxygen atoms in total. The van der Waals surface area contributed by atoms with Crippen LogP contribution in [-0.2, 0) is 20.2 Å². The van der Waals surface area contributed by atoms with Gasteiger partial charge in [0.15, 0.2) is 0 Å². The van der Waals surface area contributed by atoms with Crippen molar-refractivity contribution in [2.24, 2.45) is 7.05 Å². The predicted octanol–water partition coefficient (Wildman–Crippen LogP) is 4.22. The van der Waals surface area contributed by atoms with Gasteiger partial charge in [0.05, 0.1) is 10.6 Å². The number of aromatic nitrogens is 2. The highest BCUT2D eigenvalue weighted by Gasteiger charge is 2.13. The molecule has 27 heavy (non-hydrogen) atoms. The van der Waals surface area contributed by atoms with Gasteiger partial charge in [0.25, 0.3) is 5.91 Å². The van der Waals surface area contributed by atoms with Crippen LogP contribution in [0.15, 0.2) is 29.6 Å². The molecule has 0 saturated heterocycles. The van der Waals surface area contributed by atoms with Gasteiger partial charge in [-0.1, -0.05) is 12.1 Å². The first kappa shape index (κ1) is 19.2. The Morgan fingerprint density at radius 2 is 2.00 bits per heavy atom. The van der Waals surface area contributed by atoms with Gasteiger partial charge in [-0.2, -0.15) is 5.10 Å². The second-order valence-corrected chi connectivity index (χ2v) is 7.74. The Bertz CT molecular complexity index is 972. The Labute approximate surface area is 164 Å². The lowest BCUT2D eigenvalue weighted by Gasteiger charge is -2.09. The van der Waals surface area contributed by atoms with E-state index in [1.807, 2.05) is 56.9 Å². The molecule has 0 fully saturated rings. The summed E-state index contributed by atoms with van der Waals surface area (Å²) in [5.74, 6) is 0.815. The maximum atomic E-state index is 12.5. The molecule has 1 N–H and O–H groups in total. The SMILES string of the molecule is Cc1ccc(C)c(OCc2csc(C(=O)NCc3c(C)nn(C)c3C)c2)c1. The summed E-state index contributed by atoms with van der Waals surface area (Å²) in [6.07, 6.45) is 0. The first-order valence-corrected chi connectivity index (χ1v) is 9.78. The van der Waals surface area contributed by atoms with Crippen LogP contribution < -0.4 is 10.1 Å². The molecular weight excluding hydrogens is 358 g/mol. The fourth-order valence-electron chi connectivity index (χ4n) is 2.92. The third-order valence-corrected chi connectivity index (χ3v) is 5.68. The van der Waals surface area contributed by atoms with Gasteiger partial charge < -0.3 is 10.1 Å². The Morgan fingerprint density at radius 3 is 2.70 bits per heavy atom. The van der Waals surface area contributed by atoms with Crippen molar-refractivity contribution in [3.8, 4) is 5.75 Å². The van der Waals surface area contributed by atoms with Crippen molar-refractivity contribution < 1.29 is 9.53 Å². The Morgan fingerprint density at radius 1 is 1.22 bits per heavy atom. The zero-order chi connectivity index (χ0) is 19.6. The lowest BCUT2D eigenvalue weighted by atomic mass is 10.1. The molecule has 6 heteroatoms. The molecule has 0 bridgehead atoms. The number of ether oxygens (including phenoxy) is 1. The van der Waals surface area contributed by atoms with Gasteiger partial charge in [0.2, 0.25) is 0 Å². The highest BCUT2D eigenvalue weighted by molar-refractivity contribution is 7.12. The number of benzene rings is 1. The lowest BCUT2D eigenvalue weighted by molar-refractivity contribution is 0.0955. The van der Waals surface area contributed by atoms with E-state index in [0.29, 0.717) is 18.0 Å². The molecule has 142 valence electrons. The number of carbonyl (C=O) groups is 1. The van der Waals surface area contributed by atoms with Crippen molar-refractivity contribution in [3.63, 3.8) is 0 Å². The van der Waals surface area contributed by atoms with Gasteiger partial charge in [-0.05, 0) is 56.3 Å². The monoisotopic (exact) mass is 383 g/mol. The molecule has 0 atom stereocenters. The van der Waals surface area contributed by atoms with E-state index in [1.165, 1.54) is 16.9 Å². The maximum absolute atomic E-state index is 12.5. The minimum absolute atomic E-state index is 0.0689. The van der Waals surface area contributed by atoms with Gasteiger partial charge >= 0.3 is 0 Å². The minimum atomic E-state index is -0.0689. The molecule has 0 aliphatic rings. The summed E-state index contributed by atoms with van der Waals surface area (Å²) in [5.41, 5.74) is 6.37. The maximum Gasteiger partial charge on any atom is 0.261 e. The van der Waals surface area contributed by atoms with Crippen molar-refractivity contribution in [1.29, 1.82) is 0 Å². The Kier molecular flexibility index (Phi) is 5.65. The third kappa shape index (κ3) is 4.39. The molecule has 3 rings (SSSR count). The molecule has 2 aromatic heterocycles. The van der Waals surface area contributed by atoms with Crippen LogP contribution in [0.1, 0.15) is 43.3 Å². The highest BCUT2D eigenvalue weighted by atomic mass is 32.1. The van der Waals surface area contributed by atoms with E-state index in [9.17, 15) is 4.79 Å². The highest BCUT2D eigenvalue weighted by Crippen LogP contribution is 2.22. The molecule has 3 aromatic rings. The average molecular weight is 384 g/mol. The zero-order valence-corrected chi connectivity index (χ0v) is 17.2. The predicted molar refractivity (Wildman–Crippen MR) is 108 cm³/mol. The van der Waals surface area contributed by atoms with Crippen LogP contribution >= 0.6 is 11.3 Å². The average Bonchev–Trinajstić information content (AvgIpc) is 3.19. The summed E-state index contributed by atoms with van der Waals surface area (Å²) in [7, 11) is 1.91. The number of nitrogens with one attached hydrogen (secondary N) is 1. The number of thiophene rings is 1.